The highest BCUT2D eigenvalue weighted by Gasteiger charge is 2.04. The smallest absolute Gasteiger partial charge is 0.256 e. The molecule has 9 heavy (non-hydrogen) atoms. The Morgan fingerprint density at radius 1 is 1.78 bits per heavy atom. The standard InChI is InChI=1S/C4H6N3OP/c5-3-2(4(6)8)9-1-7-3/h1,9H,5H2,(H2,6,8). The molecule has 4 N–H and O–H groups in total. The van der Waals surface area contributed by atoms with Gasteiger partial charge in [0.2, 0.25) is 0 Å². The largest absolute Gasteiger partial charge is 0.383 e. The van der Waals surface area contributed by atoms with Crippen molar-refractivity contribution in [3.63, 3.8) is 0 Å². The molecule has 1 heterocycles. The Kier molecular flexibility index (Phi) is 1.40. The molecule has 1 amide bonds. The number of hydrogen-bond acceptors (Lipinski definition) is 3. The number of nitrogens with two attached hydrogens (primary N) is 2. The molecule has 48 valence electrons. The molecular weight excluding hydrogens is 137 g/mol. The van der Waals surface area contributed by atoms with Gasteiger partial charge in [-0.1, -0.05) is 0 Å². The summed E-state index contributed by atoms with van der Waals surface area (Å²) >= 11 is 0. The van der Waals surface area contributed by atoms with Crippen molar-refractivity contribution in [1.29, 1.82) is 0 Å². The molecule has 4 nitrogen and oxygen atoms in total. The summed E-state index contributed by atoms with van der Waals surface area (Å²) in [6, 6.07) is 0. The molecule has 0 spiro atoms. The highest BCUT2D eigenvalue weighted by atomic mass is 31.0. The maximum Gasteiger partial charge on any atom is 0.256 e. The number of hydrogen-bond donors (Lipinski definition) is 2. The zero-order valence-corrected chi connectivity index (χ0v) is 5.59. The van der Waals surface area contributed by atoms with E-state index in [1.165, 1.54) is 0 Å². The average Bonchev–Trinajstić information content (AvgIpc) is 2.13. The van der Waals surface area contributed by atoms with Gasteiger partial charge in [0.25, 0.3) is 5.91 Å². The van der Waals surface area contributed by atoms with Gasteiger partial charge in [-0.2, -0.15) is 0 Å². The van der Waals surface area contributed by atoms with Gasteiger partial charge in [-0.3, -0.25) is 4.79 Å². The van der Waals surface area contributed by atoms with E-state index in [9.17, 15) is 4.79 Å². The lowest BCUT2D eigenvalue weighted by atomic mass is 10.5. The van der Waals surface area contributed by atoms with Crippen molar-refractivity contribution in [3.05, 3.63) is 11.2 Å². The van der Waals surface area contributed by atoms with E-state index in [2.05, 4.69) is 4.98 Å². The van der Waals surface area contributed by atoms with Gasteiger partial charge in [-0.15, -0.1) is 8.19 Å². The number of anilines is 1. The topological polar surface area (TPSA) is 82.0 Å². The average molecular weight is 143 g/mol. The lowest BCUT2D eigenvalue weighted by molar-refractivity contribution is 0.100. The third-order valence-corrected chi connectivity index (χ3v) is 1.96. The van der Waals surface area contributed by atoms with Gasteiger partial charge in [0, 0.05) is 5.93 Å². The molecule has 1 aromatic rings. The molecule has 1 atom stereocenters. The zero-order chi connectivity index (χ0) is 6.85. The van der Waals surface area contributed by atoms with Crippen LogP contribution in [0, 0.1) is 0 Å². The number of rotatable bonds is 1. The molecule has 0 aromatic carbocycles. The second-order valence-electron chi connectivity index (χ2n) is 1.53. The Bertz CT molecular complexity index is 231. The van der Waals surface area contributed by atoms with Crippen molar-refractivity contribution >= 4 is 19.9 Å². The number of nitrogen functional groups attached to an aromatic ring is 1. The fourth-order valence-electron chi connectivity index (χ4n) is 0.502. The minimum absolute atomic E-state index is 0.249. The lowest BCUT2D eigenvalue weighted by Gasteiger charge is -1.87. The third kappa shape index (κ3) is 1.03. The van der Waals surface area contributed by atoms with E-state index in [0.29, 0.717) is 5.30 Å². The normalized spacial score (nSPS) is 10.2. The van der Waals surface area contributed by atoms with Gasteiger partial charge in [0.15, 0.2) is 0 Å². The fourth-order valence-corrected chi connectivity index (χ4v) is 1.19. The van der Waals surface area contributed by atoms with Crippen LogP contribution in [-0.4, -0.2) is 10.9 Å². The Labute approximate surface area is 53.3 Å². The predicted molar refractivity (Wildman–Crippen MR) is 36.7 cm³/mol. The van der Waals surface area contributed by atoms with Crippen LogP contribution in [0.4, 0.5) is 5.82 Å². The second kappa shape index (κ2) is 2.07. The van der Waals surface area contributed by atoms with E-state index in [0.717, 1.165) is 0 Å². The molecular formula is C4H6N3OP. The van der Waals surface area contributed by atoms with Crippen LogP contribution in [0.25, 0.3) is 0 Å². The van der Waals surface area contributed by atoms with Gasteiger partial charge in [0.05, 0.1) is 5.30 Å². The molecule has 0 radical (unpaired) electrons. The summed E-state index contributed by atoms with van der Waals surface area (Å²) in [6.07, 6.45) is 0. The van der Waals surface area contributed by atoms with Crippen molar-refractivity contribution in [1.82, 2.24) is 4.98 Å². The summed E-state index contributed by atoms with van der Waals surface area (Å²) in [5, 5.41) is 0.440. The number of carbonyl (C=O) groups excluding carboxylic acids is 1. The van der Waals surface area contributed by atoms with Crippen molar-refractivity contribution in [2.45, 2.75) is 0 Å². The van der Waals surface area contributed by atoms with Crippen molar-refractivity contribution in [2.75, 3.05) is 5.73 Å². The first-order valence-electron chi connectivity index (χ1n) is 2.30. The van der Waals surface area contributed by atoms with E-state index in [1.54, 1.807) is 5.93 Å². The number of aromatic nitrogens is 1. The van der Waals surface area contributed by atoms with Gasteiger partial charge in [-0.05, 0) is 0 Å². The van der Waals surface area contributed by atoms with Gasteiger partial charge in [0.1, 0.15) is 5.82 Å². The minimum atomic E-state index is -0.469. The Balaban J connectivity index is 3.08. The molecule has 0 bridgehead atoms. The summed E-state index contributed by atoms with van der Waals surface area (Å²) < 4.78 is 0. The highest BCUT2D eigenvalue weighted by Crippen LogP contribution is 2.18. The molecule has 0 fully saturated rings. The Hall–Kier alpha value is -1.02. The van der Waals surface area contributed by atoms with E-state index < -0.39 is 5.91 Å². The molecule has 0 saturated carbocycles. The Morgan fingerprint density at radius 3 is 2.67 bits per heavy atom. The van der Waals surface area contributed by atoms with Crippen molar-refractivity contribution in [3.8, 4) is 0 Å². The molecule has 1 unspecified atom stereocenters. The quantitative estimate of drug-likeness (QED) is 0.570. The van der Waals surface area contributed by atoms with Crippen LogP contribution in [-0.2, 0) is 0 Å². The molecule has 1 aromatic heterocycles. The Morgan fingerprint density at radius 2 is 2.44 bits per heavy atom. The van der Waals surface area contributed by atoms with Gasteiger partial charge < -0.3 is 11.5 Å². The molecule has 0 aliphatic rings. The monoisotopic (exact) mass is 143 g/mol. The first-order chi connectivity index (χ1) is 4.22. The van der Waals surface area contributed by atoms with Crippen LogP contribution in [0.15, 0.2) is 5.93 Å². The lowest BCUT2D eigenvalue weighted by Crippen LogP contribution is -2.10. The minimum Gasteiger partial charge on any atom is -0.383 e. The predicted octanol–water partition coefficient (Wildman–Crippen LogP) is -0.206. The van der Waals surface area contributed by atoms with Crippen LogP contribution in [0.1, 0.15) is 10.1 Å². The maximum atomic E-state index is 10.4. The van der Waals surface area contributed by atoms with Crippen LogP contribution >= 0.6 is 8.19 Å². The molecule has 0 aliphatic carbocycles. The van der Waals surface area contributed by atoms with Gasteiger partial charge >= 0.3 is 0 Å². The van der Waals surface area contributed by atoms with Crippen LogP contribution in [0.3, 0.4) is 0 Å². The van der Waals surface area contributed by atoms with Gasteiger partial charge in [-0.25, -0.2) is 4.98 Å². The number of carbonyl (C=O) groups is 1. The SMILES string of the molecule is NC(=O)c1[pH]cnc1N. The number of nitrogens with zero attached hydrogens (tertiary/aromatic N) is 1. The van der Waals surface area contributed by atoms with Crippen LogP contribution in [0.2, 0.25) is 0 Å². The summed E-state index contributed by atoms with van der Waals surface area (Å²) in [4.78, 5) is 14.1. The molecule has 0 aliphatic heterocycles. The van der Waals surface area contributed by atoms with E-state index in [1.807, 2.05) is 0 Å². The van der Waals surface area contributed by atoms with Crippen LogP contribution in [0.5, 0.6) is 0 Å². The van der Waals surface area contributed by atoms with Crippen molar-refractivity contribution < 1.29 is 4.79 Å². The summed E-state index contributed by atoms with van der Waals surface area (Å²) in [5.74, 6) is 1.39. The molecule has 1 rings (SSSR count). The maximum absolute atomic E-state index is 10.4. The molecule has 0 saturated heterocycles. The second-order valence-corrected chi connectivity index (χ2v) is 2.57. The first-order valence-corrected chi connectivity index (χ1v) is 3.38. The summed E-state index contributed by atoms with van der Waals surface area (Å²) in [6.45, 7) is 0. The third-order valence-electron chi connectivity index (χ3n) is 0.915. The summed E-state index contributed by atoms with van der Waals surface area (Å²) in [5.41, 5.74) is 10.2. The highest BCUT2D eigenvalue weighted by molar-refractivity contribution is 7.32. The molecule has 5 heteroatoms. The zero-order valence-electron chi connectivity index (χ0n) is 4.59. The van der Waals surface area contributed by atoms with Crippen molar-refractivity contribution in [2.24, 2.45) is 5.73 Å². The van der Waals surface area contributed by atoms with E-state index in [4.69, 9.17) is 11.5 Å². The number of primary amides is 1. The van der Waals surface area contributed by atoms with E-state index in [-0.39, 0.29) is 14.0 Å². The van der Waals surface area contributed by atoms with E-state index >= 15 is 0 Å². The fraction of sp³-hybridized carbons (Fsp3) is 0. The first kappa shape index (κ1) is 6.11. The number of amides is 1. The summed E-state index contributed by atoms with van der Waals surface area (Å²) in [7, 11) is 0.249. The van der Waals surface area contributed by atoms with Crippen LogP contribution < -0.4 is 11.5 Å².